The zero-order valence-corrected chi connectivity index (χ0v) is 15.9. The molecule has 6 heteroatoms. The second-order valence-electron chi connectivity index (χ2n) is 5.77. The molecule has 0 saturated carbocycles. The van der Waals surface area contributed by atoms with Gasteiger partial charge in [0.25, 0.3) is 0 Å². The Morgan fingerprint density at radius 1 is 1.14 bits per heavy atom. The van der Waals surface area contributed by atoms with E-state index in [9.17, 15) is 0 Å². The van der Waals surface area contributed by atoms with Gasteiger partial charge in [0, 0.05) is 41.8 Å². The first kappa shape index (κ1) is 19.5. The van der Waals surface area contributed by atoms with Crippen LogP contribution >= 0.6 is 35.4 Å². The van der Waals surface area contributed by atoms with Crippen LogP contribution in [-0.4, -0.2) is 35.2 Å². The van der Waals surface area contributed by atoms with Crippen LogP contribution in [0.5, 0.6) is 0 Å². The van der Waals surface area contributed by atoms with E-state index in [2.05, 4.69) is 43.2 Å². The number of thiocarbonyl (C=S) groups is 1. The number of nitrogens with zero attached hydrogens (tertiary/aromatic N) is 1. The van der Waals surface area contributed by atoms with E-state index in [-0.39, 0.29) is 0 Å². The van der Waals surface area contributed by atoms with Crippen molar-refractivity contribution in [3.63, 3.8) is 0 Å². The fraction of sp³-hybridized carbons (Fsp3) is 0.562. The quantitative estimate of drug-likeness (QED) is 0.715. The van der Waals surface area contributed by atoms with Gasteiger partial charge in [0.1, 0.15) is 0 Å². The molecule has 0 aliphatic carbocycles. The molecule has 0 aromatic heterocycles. The minimum absolute atomic E-state index is 0.524. The highest BCUT2D eigenvalue weighted by molar-refractivity contribution is 7.80. The molecule has 3 nitrogen and oxygen atoms in total. The van der Waals surface area contributed by atoms with E-state index in [1.807, 2.05) is 12.1 Å². The standard InChI is InChI=1S/C16H25Cl2N3S/c1-11(2)21(12(3)4)8-7-19-16(22)20-10-13-5-6-14(17)9-15(13)18/h5-6,9,11-12H,7-8,10H2,1-4H3,(H2,19,20,22). The van der Waals surface area contributed by atoms with Crippen LogP contribution in [0.3, 0.4) is 0 Å². The summed E-state index contributed by atoms with van der Waals surface area (Å²) in [4.78, 5) is 2.42. The average molecular weight is 362 g/mol. The molecule has 0 atom stereocenters. The maximum Gasteiger partial charge on any atom is 0.166 e. The van der Waals surface area contributed by atoms with Crippen molar-refractivity contribution >= 4 is 40.5 Å². The van der Waals surface area contributed by atoms with Gasteiger partial charge in [-0.3, -0.25) is 4.90 Å². The fourth-order valence-corrected chi connectivity index (χ4v) is 2.96. The average Bonchev–Trinajstić information content (AvgIpc) is 2.41. The molecule has 0 unspecified atom stereocenters. The third kappa shape index (κ3) is 6.69. The molecule has 1 aromatic carbocycles. The summed E-state index contributed by atoms with van der Waals surface area (Å²) in [5.74, 6) is 0. The highest BCUT2D eigenvalue weighted by Crippen LogP contribution is 2.20. The summed E-state index contributed by atoms with van der Waals surface area (Å²) in [5.41, 5.74) is 0.973. The van der Waals surface area contributed by atoms with Gasteiger partial charge in [-0.25, -0.2) is 0 Å². The zero-order valence-electron chi connectivity index (χ0n) is 13.6. The van der Waals surface area contributed by atoms with E-state index in [0.717, 1.165) is 18.7 Å². The highest BCUT2D eigenvalue weighted by atomic mass is 35.5. The minimum atomic E-state index is 0.524. The lowest BCUT2D eigenvalue weighted by atomic mass is 10.2. The van der Waals surface area contributed by atoms with Gasteiger partial charge in [-0.1, -0.05) is 29.3 Å². The van der Waals surface area contributed by atoms with Crippen molar-refractivity contribution in [1.82, 2.24) is 15.5 Å². The predicted octanol–water partition coefficient (Wildman–Crippen LogP) is 4.08. The summed E-state index contributed by atoms with van der Waals surface area (Å²) in [6.45, 7) is 11.2. The molecule has 1 rings (SSSR count). The first-order valence-corrected chi connectivity index (χ1v) is 8.69. The van der Waals surface area contributed by atoms with Gasteiger partial charge in [-0.15, -0.1) is 0 Å². The van der Waals surface area contributed by atoms with Gasteiger partial charge < -0.3 is 10.6 Å². The van der Waals surface area contributed by atoms with E-state index in [1.165, 1.54) is 0 Å². The van der Waals surface area contributed by atoms with Gasteiger partial charge in [0.2, 0.25) is 0 Å². The number of benzene rings is 1. The molecule has 1 aromatic rings. The molecule has 0 radical (unpaired) electrons. The van der Waals surface area contributed by atoms with Gasteiger partial charge in [0.15, 0.2) is 5.11 Å². The number of hydrogen-bond donors (Lipinski definition) is 2. The number of nitrogens with one attached hydrogen (secondary N) is 2. The Morgan fingerprint density at radius 2 is 1.77 bits per heavy atom. The van der Waals surface area contributed by atoms with Crippen molar-refractivity contribution in [3.8, 4) is 0 Å². The van der Waals surface area contributed by atoms with Crippen LogP contribution < -0.4 is 10.6 Å². The van der Waals surface area contributed by atoms with Crippen molar-refractivity contribution in [1.29, 1.82) is 0 Å². The highest BCUT2D eigenvalue weighted by Gasteiger charge is 2.12. The third-order valence-corrected chi connectivity index (χ3v) is 4.31. The van der Waals surface area contributed by atoms with Crippen molar-refractivity contribution in [2.24, 2.45) is 0 Å². The molecule has 0 fully saturated rings. The molecule has 0 heterocycles. The second kappa shape index (κ2) is 9.56. The maximum absolute atomic E-state index is 6.13. The van der Waals surface area contributed by atoms with Crippen LogP contribution in [0.4, 0.5) is 0 Å². The molecule has 0 amide bonds. The number of halogens is 2. The summed E-state index contributed by atoms with van der Waals surface area (Å²) in [5, 5.41) is 8.32. The lowest BCUT2D eigenvalue weighted by Crippen LogP contribution is -2.44. The SMILES string of the molecule is CC(C)N(CCNC(=S)NCc1ccc(Cl)cc1Cl)C(C)C. The molecular formula is C16H25Cl2N3S. The lowest BCUT2D eigenvalue weighted by Gasteiger charge is -2.30. The first-order chi connectivity index (χ1) is 10.3. The lowest BCUT2D eigenvalue weighted by molar-refractivity contribution is 0.178. The molecule has 22 heavy (non-hydrogen) atoms. The predicted molar refractivity (Wildman–Crippen MR) is 101 cm³/mol. The Bertz CT molecular complexity index is 484. The van der Waals surface area contributed by atoms with E-state index in [4.69, 9.17) is 35.4 Å². The van der Waals surface area contributed by atoms with Gasteiger partial charge in [-0.2, -0.15) is 0 Å². The van der Waals surface area contributed by atoms with Crippen LogP contribution in [0.25, 0.3) is 0 Å². The van der Waals surface area contributed by atoms with Crippen molar-refractivity contribution < 1.29 is 0 Å². The summed E-state index contributed by atoms with van der Waals surface area (Å²) in [6, 6.07) is 6.51. The van der Waals surface area contributed by atoms with Crippen LogP contribution in [0.15, 0.2) is 18.2 Å². The molecule has 0 saturated heterocycles. The Morgan fingerprint density at radius 3 is 2.32 bits per heavy atom. The van der Waals surface area contributed by atoms with Gasteiger partial charge in [0.05, 0.1) is 0 Å². The summed E-state index contributed by atoms with van der Waals surface area (Å²) in [7, 11) is 0. The van der Waals surface area contributed by atoms with E-state index < -0.39 is 0 Å². The monoisotopic (exact) mass is 361 g/mol. The summed E-state index contributed by atoms with van der Waals surface area (Å²) in [6.07, 6.45) is 0. The Kier molecular flexibility index (Phi) is 8.47. The van der Waals surface area contributed by atoms with Crippen LogP contribution in [0.1, 0.15) is 33.3 Å². The summed E-state index contributed by atoms with van der Waals surface area (Å²) < 4.78 is 0. The maximum atomic E-state index is 6.13. The molecule has 0 aliphatic heterocycles. The Balaban J connectivity index is 2.34. The largest absolute Gasteiger partial charge is 0.361 e. The molecule has 0 aliphatic rings. The van der Waals surface area contributed by atoms with Crippen molar-refractivity contribution in [3.05, 3.63) is 33.8 Å². The Hall–Kier alpha value is -0.550. The Labute approximate surface area is 149 Å². The summed E-state index contributed by atoms with van der Waals surface area (Å²) >= 11 is 17.3. The van der Waals surface area contributed by atoms with Crippen molar-refractivity contribution in [2.45, 2.75) is 46.3 Å². The zero-order chi connectivity index (χ0) is 16.7. The fourth-order valence-electron chi connectivity index (χ4n) is 2.31. The second-order valence-corrected chi connectivity index (χ2v) is 7.02. The van der Waals surface area contributed by atoms with Crippen molar-refractivity contribution in [2.75, 3.05) is 13.1 Å². The third-order valence-electron chi connectivity index (χ3n) is 3.44. The van der Waals surface area contributed by atoms with E-state index in [0.29, 0.717) is 33.8 Å². The van der Waals surface area contributed by atoms with Gasteiger partial charge >= 0.3 is 0 Å². The first-order valence-electron chi connectivity index (χ1n) is 7.52. The van der Waals surface area contributed by atoms with E-state index >= 15 is 0 Å². The van der Waals surface area contributed by atoms with Crippen LogP contribution in [-0.2, 0) is 6.54 Å². The molecule has 2 N–H and O–H groups in total. The molecule has 124 valence electrons. The van der Waals surface area contributed by atoms with Crippen LogP contribution in [0.2, 0.25) is 10.0 Å². The minimum Gasteiger partial charge on any atom is -0.361 e. The smallest absolute Gasteiger partial charge is 0.166 e. The number of hydrogen-bond acceptors (Lipinski definition) is 2. The number of rotatable bonds is 7. The molecular weight excluding hydrogens is 337 g/mol. The molecule has 0 bridgehead atoms. The van der Waals surface area contributed by atoms with E-state index in [1.54, 1.807) is 6.07 Å². The topological polar surface area (TPSA) is 27.3 Å². The molecule has 0 spiro atoms. The normalized spacial score (nSPS) is 11.3. The van der Waals surface area contributed by atoms with Gasteiger partial charge in [-0.05, 0) is 57.6 Å². The van der Waals surface area contributed by atoms with Crippen LogP contribution in [0, 0.1) is 0 Å².